The Kier molecular flexibility index (Phi) is 4.29. The molecule has 6 nitrogen and oxygen atoms in total. The van der Waals surface area contributed by atoms with Crippen LogP contribution in [0.1, 0.15) is 16.8 Å². The second-order valence-corrected chi connectivity index (χ2v) is 5.66. The summed E-state index contributed by atoms with van der Waals surface area (Å²) in [5, 5.41) is 2.96. The van der Waals surface area contributed by atoms with Crippen molar-refractivity contribution >= 4 is 5.91 Å². The molecule has 1 aromatic heterocycles. The molecule has 0 spiro atoms. The number of carbonyl (C=O) groups excluding carboxylic acids is 1. The molecule has 1 saturated heterocycles. The molecule has 1 aliphatic heterocycles. The number of piperidine rings is 1. The van der Waals surface area contributed by atoms with Gasteiger partial charge in [-0.15, -0.1) is 0 Å². The first-order valence-electron chi connectivity index (χ1n) is 7.48. The predicted molar refractivity (Wildman–Crippen MR) is 84.0 cm³/mol. The number of halogens is 1. The SMILES string of the molecule is Cn1cnc(-c2ccc(OC3CCNCC3F)c(C(N)=O)c2)c1. The number of hydrogen-bond acceptors (Lipinski definition) is 4. The van der Waals surface area contributed by atoms with Gasteiger partial charge in [-0.05, 0) is 31.2 Å². The van der Waals surface area contributed by atoms with Crippen LogP contribution in [-0.2, 0) is 7.05 Å². The molecule has 0 saturated carbocycles. The lowest BCUT2D eigenvalue weighted by molar-refractivity contribution is 0.0713. The Bertz CT molecular complexity index is 716. The lowest BCUT2D eigenvalue weighted by Crippen LogP contribution is -2.44. The van der Waals surface area contributed by atoms with Crippen LogP contribution >= 0.6 is 0 Å². The summed E-state index contributed by atoms with van der Waals surface area (Å²) < 4.78 is 21.4. The molecule has 0 radical (unpaired) electrons. The first-order chi connectivity index (χ1) is 11.0. The van der Waals surface area contributed by atoms with Gasteiger partial charge < -0.3 is 20.4 Å². The molecular weight excluding hydrogens is 299 g/mol. The summed E-state index contributed by atoms with van der Waals surface area (Å²) in [5.74, 6) is -0.297. The third-order valence-corrected chi connectivity index (χ3v) is 3.87. The van der Waals surface area contributed by atoms with E-state index in [0.717, 1.165) is 11.3 Å². The summed E-state index contributed by atoms with van der Waals surface area (Å²) in [6.45, 7) is 0.936. The molecule has 3 N–H and O–H groups in total. The van der Waals surface area contributed by atoms with Gasteiger partial charge in [-0.3, -0.25) is 4.79 Å². The zero-order chi connectivity index (χ0) is 16.4. The third kappa shape index (κ3) is 3.34. The molecule has 7 heteroatoms. The summed E-state index contributed by atoms with van der Waals surface area (Å²) in [6, 6.07) is 5.07. The topological polar surface area (TPSA) is 82.2 Å². The minimum absolute atomic E-state index is 0.235. The number of carbonyl (C=O) groups is 1. The first-order valence-corrected chi connectivity index (χ1v) is 7.48. The number of alkyl halides is 1. The Hall–Kier alpha value is -2.41. The first kappa shape index (κ1) is 15.5. The molecule has 122 valence electrons. The third-order valence-electron chi connectivity index (χ3n) is 3.87. The zero-order valence-corrected chi connectivity index (χ0v) is 12.8. The van der Waals surface area contributed by atoms with Gasteiger partial charge in [0.05, 0.1) is 17.6 Å². The molecule has 23 heavy (non-hydrogen) atoms. The maximum Gasteiger partial charge on any atom is 0.252 e. The molecule has 2 unspecified atom stereocenters. The highest BCUT2D eigenvalue weighted by atomic mass is 19.1. The summed E-state index contributed by atoms with van der Waals surface area (Å²) >= 11 is 0. The van der Waals surface area contributed by atoms with E-state index in [2.05, 4.69) is 10.3 Å². The number of imidazole rings is 1. The number of hydrogen-bond donors (Lipinski definition) is 2. The number of nitrogens with two attached hydrogens (primary N) is 1. The van der Waals surface area contributed by atoms with Crippen molar-refractivity contribution in [1.82, 2.24) is 14.9 Å². The molecule has 2 heterocycles. The quantitative estimate of drug-likeness (QED) is 0.889. The Labute approximate surface area is 133 Å². The number of rotatable bonds is 4. The fourth-order valence-corrected chi connectivity index (χ4v) is 2.64. The van der Waals surface area contributed by atoms with Crippen molar-refractivity contribution < 1.29 is 13.9 Å². The van der Waals surface area contributed by atoms with Crippen LogP contribution in [0.4, 0.5) is 4.39 Å². The fourth-order valence-electron chi connectivity index (χ4n) is 2.64. The van der Waals surface area contributed by atoms with Crippen molar-refractivity contribution in [1.29, 1.82) is 0 Å². The van der Waals surface area contributed by atoms with Gasteiger partial charge in [0.15, 0.2) is 0 Å². The number of aryl methyl sites for hydroxylation is 1. The maximum atomic E-state index is 13.9. The molecule has 0 bridgehead atoms. The Balaban J connectivity index is 1.89. The highest BCUT2D eigenvalue weighted by molar-refractivity contribution is 5.96. The summed E-state index contributed by atoms with van der Waals surface area (Å²) in [4.78, 5) is 16.0. The minimum Gasteiger partial charge on any atom is -0.486 e. The van der Waals surface area contributed by atoms with Crippen molar-refractivity contribution in [2.24, 2.45) is 12.8 Å². The average Bonchev–Trinajstić information content (AvgIpc) is 2.96. The van der Waals surface area contributed by atoms with Crippen LogP contribution in [0.15, 0.2) is 30.7 Å². The van der Waals surface area contributed by atoms with Gasteiger partial charge in [0.2, 0.25) is 0 Å². The van der Waals surface area contributed by atoms with Crippen molar-refractivity contribution in [3.05, 3.63) is 36.3 Å². The van der Waals surface area contributed by atoms with Gasteiger partial charge in [0.25, 0.3) is 5.91 Å². The molecule has 3 rings (SSSR count). The van der Waals surface area contributed by atoms with Gasteiger partial charge in [-0.2, -0.15) is 0 Å². The van der Waals surface area contributed by atoms with Gasteiger partial charge in [0.1, 0.15) is 18.0 Å². The lowest BCUT2D eigenvalue weighted by atomic mass is 10.1. The largest absolute Gasteiger partial charge is 0.486 e. The Morgan fingerprint density at radius 3 is 3.00 bits per heavy atom. The highest BCUT2D eigenvalue weighted by Gasteiger charge is 2.27. The van der Waals surface area contributed by atoms with Crippen molar-refractivity contribution in [3.63, 3.8) is 0 Å². The van der Waals surface area contributed by atoms with Crippen LogP contribution in [-0.4, -0.2) is 40.8 Å². The predicted octanol–water partition coefficient (Wildman–Crippen LogP) is 1.26. The molecular formula is C16H19FN4O2. The highest BCUT2D eigenvalue weighted by Crippen LogP contribution is 2.28. The van der Waals surface area contributed by atoms with E-state index < -0.39 is 18.2 Å². The van der Waals surface area contributed by atoms with E-state index >= 15 is 0 Å². The molecule has 1 aliphatic rings. The van der Waals surface area contributed by atoms with Crippen LogP contribution < -0.4 is 15.8 Å². The molecule has 1 fully saturated rings. The number of nitrogens with zero attached hydrogens (tertiary/aromatic N) is 2. The van der Waals surface area contributed by atoms with Crippen LogP contribution in [0.25, 0.3) is 11.3 Å². The van der Waals surface area contributed by atoms with Gasteiger partial charge in [0, 0.05) is 25.4 Å². The van der Waals surface area contributed by atoms with E-state index in [9.17, 15) is 9.18 Å². The van der Waals surface area contributed by atoms with Crippen molar-refractivity contribution in [3.8, 4) is 17.0 Å². The zero-order valence-electron chi connectivity index (χ0n) is 12.8. The standard InChI is InChI=1S/C16H19FN4O2/c1-21-8-13(20-9-21)10-2-3-14(11(6-10)16(18)22)23-15-4-5-19-7-12(15)17/h2-3,6,8-9,12,15,19H,4-5,7H2,1H3,(H2,18,22). The second kappa shape index (κ2) is 6.37. The monoisotopic (exact) mass is 318 g/mol. The second-order valence-electron chi connectivity index (χ2n) is 5.66. The van der Waals surface area contributed by atoms with Gasteiger partial charge >= 0.3 is 0 Å². The Morgan fingerprint density at radius 1 is 1.52 bits per heavy atom. The minimum atomic E-state index is -1.11. The van der Waals surface area contributed by atoms with Crippen molar-refractivity contribution in [2.45, 2.75) is 18.7 Å². The normalized spacial score (nSPS) is 21.1. The summed E-state index contributed by atoms with van der Waals surface area (Å²) in [7, 11) is 1.86. The molecule has 2 aromatic rings. The van der Waals surface area contributed by atoms with Gasteiger partial charge in [-0.1, -0.05) is 0 Å². The number of benzene rings is 1. The molecule has 2 atom stereocenters. The molecule has 1 aromatic carbocycles. The van der Waals surface area contributed by atoms with E-state index in [4.69, 9.17) is 10.5 Å². The van der Waals surface area contributed by atoms with E-state index in [0.29, 0.717) is 18.7 Å². The lowest BCUT2D eigenvalue weighted by Gasteiger charge is -2.28. The van der Waals surface area contributed by atoms with Crippen LogP contribution in [0, 0.1) is 0 Å². The summed E-state index contributed by atoms with van der Waals surface area (Å²) in [5.41, 5.74) is 7.18. The van der Waals surface area contributed by atoms with E-state index in [1.807, 2.05) is 17.8 Å². The number of primary amides is 1. The maximum absolute atomic E-state index is 13.9. The van der Waals surface area contributed by atoms with E-state index in [1.54, 1.807) is 24.5 Å². The number of aromatic nitrogens is 2. The van der Waals surface area contributed by atoms with Crippen LogP contribution in [0.2, 0.25) is 0 Å². The average molecular weight is 318 g/mol. The molecule has 1 amide bonds. The number of nitrogens with one attached hydrogen (secondary N) is 1. The van der Waals surface area contributed by atoms with E-state index in [-0.39, 0.29) is 12.1 Å². The van der Waals surface area contributed by atoms with Crippen LogP contribution in [0.3, 0.4) is 0 Å². The number of ether oxygens (including phenoxy) is 1. The summed E-state index contributed by atoms with van der Waals surface area (Å²) in [6.07, 6.45) is 2.37. The van der Waals surface area contributed by atoms with E-state index in [1.165, 1.54) is 0 Å². The Morgan fingerprint density at radius 2 is 2.35 bits per heavy atom. The smallest absolute Gasteiger partial charge is 0.252 e. The number of amides is 1. The van der Waals surface area contributed by atoms with Crippen molar-refractivity contribution in [2.75, 3.05) is 13.1 Å². The fraction of sp³-hybridized carbons (Fsp3) is 0.375. The van der Waals surface area contributed by atoms with Crippen LogP contribution in [0.5, 0.6) is 5.75 Å². The molecule has 0 aliphatic carbocycles. The van der Waals surface area contributed by atoms with Gasteiger partial charge in [-0.25, -0.2) is 9.37 Å².